The number of hydrogen-bond donors (Lipinski definition) is 0. The number of nitrogens with zero attached hydrogens (tertiary/aromatic N) is 3. The highest BCUT2D eigenvalue weighted by atomic mass is 33.1. The Morgan fingerprint density at radius 1 is 1.17 bits per heavy atom. The molecule has 0 aliphatic carbocycles. The molecule has 2 amide bonds. The smallest absolute Gasteiger partial charge is 0.261 e. The van der Waals surface area contributed by atoms with Gasteiger partial charge in [-0.2, -0.15) is 5.26 Å². The summed E-state index contributed by atoms with van der Waals surface area (Å²) in [6.07, 6.45) is 0.346. The molecule has 4 saturated heterocycles. The van der Waals surface area contributed by atoms with E-state index in [1.54, 1.807) is 23.8 Å². The first-order valence-corrected chi connectivity index (χ1v) is 9.90. The van der Waals surface area contributed by atoms with E-state index in [1.165, 1.54) is 21.6 Å². The van der Waals surface area contributed by atoms with E-state index < -0.39 is 21.2 Å². The number of carbonyl (C=O) groups is 2. The molecule has 5 rings (SSSR count). The molecule has 2 unspecified atom stereocenters. The highest BCUT2D eigenvalue weighted by molar-refractivity contribution is 8.78. The number of nitriles is 1. The average Bonchev–Trinajstić information content (AvgIpc) is 2.87. The van der Waals surface area contributed by atoms with Gasteiger partial charge in [-0.05, 0) is 19.4 Å². The first-order valence-electron chi connectivity index (χ1n) is 7.75. The molecule has 7 heteroatoms. The van der Waals surface area contributed by atoms with E-state index in [0.717, 1.165) is 5.56 Å². The molecule has 24 heavy (non-hydrogen) atoms. The topological polar surface area (TPSA) is 64.4 Å². The largest absolute Gasteiger partial charge is 0.319 e. The maximum absolute atomic E-state index is 13.3. The van der Waals surface area contributed by atoms with Gasteiger partial charge in [0, 0.05) is 13.5 Å². The summed E-state index contributed by atoms with van der Waals surface area (Å²) in [7, 11) is 4.56. The van der Waals surface area contributed by atoms with Crippen molar-refractivity contribution in [2.24, 2.45) is 5.41 Å². The number of hydrogen-bond acceptors (Lipinski definition) is 5. The number of likely N-dealkylation sites (N-methyl/N-ethyl adjacent to an activating group) is 1. The van der Waals surface area contributed by atoms with Crippen LogP contribution in [0.2, 0.25) is 0 Å². The van der Waals surface area contributed by atoms with Crippen LogP contribution in [0.4, 0.5) is 0 Å². The fourth-order valence-corrected chi connectivity index (χ4v) is 7.64. The molecule has 4 aliphatic rings. The van der Waals surface area contributed by atoms with Crippen molar-refractivity contribution in [3.8, 4) is 6.07 Å². The number of amides is 2. The van der Waals surface area contributed by atoms with E-state index in [2.05, 4.69) is 6.07 Å². The molecule has 5 nitrogen and oxygen atoms in total. The fourth-order valence-electron chi connectivity index (χ4n) is 4.06. The Kier molecular flexibility index (Phi) is 3.11. The second-order valence-corrected chi connectivity index (χ2v) is 9.80. The summed E-state index contributed by atoms with van der Waals surface area (Å²) in [5, 5.41) is 9.90. The monoisotopic (exact) mass is 359 g/mol. The average molecular weight is 359 g/mol. The van der Waals surface area contributed by atoms with Gasteiger partial charge in [0.1, 0.15) is 0 Å². The van der Waals surface area contributed by atoms with E-state index in [4.69, 9.17) is 0 Å². The van der Waals surface area contributed by atoms with Crippen molar-refractivity contribution >= 4 is 33.4 Å². The molecule has 2 bridgehead atoms. The second-order valence-electron chi connectivity index (χ2n) is 6.99. The fraction of sp³-hybridized carbons (Fsp3) is 0.471. The minimum Gasteiger partial charge on any atom is -0.319 e. The summed E-state index contributed by atoms with van der Waals surface area (Å²) >= 11 is 0. The minimum absolute atomic E-state index is 0.0757. The molecule has 0 saturated carbocycles. The zero-order chi connectivity index (χ0) is 17.3. The highest BCUT2D eigenvalue weighted by Crippen LogP contribution is 2.69. The summed E-state index contributed by atoms with van der Waals surface area (Å²) in [6.45, 7) is 3.65. The van der Waals surface area contributed by atoms with Gasteiger partial charge in [-0.1, -0.05) is 51.9 Å². The molecular weight excluding hydrogens is 342 g/mol. The molecule has 4 atom stereocenters. The van der Waals surface area contributed by atoms with Crippen molar-refractivity contribution in [1.29, 1.82) is 5.26 Å². The molecule has 124 valence electrons. The lowest BCUT2D eigenvalue weighted by molar-refractivity contribution is -0.164. The zero-order valence-corrected chi connectivity index (χ0v) is 15.3. The molecule has 0 aromatic heterocycles. The van der Waals surface area contributed by atoms with E-state index in [9.17, 15) is 14.9 Å². The van der Waals surface area contributed by atoms with Crippen molar-refractivity contribution in [3.05, 3.63) is 35.9 Å². The Morgan fingerprint density at radius 2 is 1.83 bits per heavy atom. The van der Waals surface area contributed by atoms with E-state index >= 15 is 0 Å². The Morgan fingerprint density at radius 3 is 2.46 bits per heavy atom. The van der Waals surface area contributed by atoms with Crippen LogP contribution in [0.3, 0.4) is 0 Å². The van der Waals surface area contributed by atoms with E-state index in [-0.39, 0.29) is 11.8 Å². The van der Waals surface area contributed by atoms with Gasteiger partial charge in [0.2, 0.25) is 0 Å². The maximum Gasteiger partial charge on any atom is 0.261 e. The minimum atomic E-state index is -0.987. The van der Waals surface area contributed by atoms with Crippen molar-refractivity contribution in [2.45, 2.75) is 36.1 Å². The lowest BCUT2D eigenvalue weighted by Crippen LogP contribution is -2.73. The van der Waals surface area contributed by atoms with Gasteiger partial charge in [0.15, 0.2) is 9.74 Å². The third kappa shape index (κ3) is 1.63. The number of carbonyl (C=O) groups excluding carboxylic acids is 2. The first kappa shape index (κ1) is 15.9. The van der Waals surface area contributed by atoms with Gasteiger partial charge in [0.25, 0.3) is 11.8 Å². The molecule has 1 aromatic carbocycles. The van der Waals surface area contributed by atoms with Crippen LogP contribution >= 0.6 is 21.6 Å². The van der Waals surface area contributed by atoms with Crippen molar-refractivity contribution in [2.75, 3.05) is 7.05 Å². The Hall–Kier alpha value is -1.65. The van der Waals surface area contributed by atoms with Gasteiger partial charge in [-0.3, -0.25) is 9.59 Å². The Bertz CT molecular complexity index is 795. The Balaban J connectivity index is 1.95. The van der Waals surface area contributed by atoms with Crippen LogP contribution in [0.15, 0.2) is 30.3 Å². The molecule has 4 heterocycles. The predicted octanol–water partition coefficient (Wildman–Crippen LogP) is 2.77. The van der Waals surface area contributed by atoms with Crippen LogP contribution in [0.1, 0.15) is 31.9 Å². The molecule has 0 N–H and O–H groups in total. The quantitative estimate of drug-likeness (QED) is 0.722. The van der Waals surface area contributed by atoms with E-state index in [0.29, 0.717) is 6.42 Å². The highest BCUT2D eigenvalue weighted by Gasteiger charge is 2.74. The summed E-state index contributed by atoms with van der Waals surface area (Å²) < 4.78 is 0. The van der Waals surface area contributed by atoms with Crippen LogP contribution in [-0.2, 0) is 9.59 Å². The van der Waals surface area contributed by atoms with Crippen LogP contribution in [0.5, 0.6) is 0 Å². The molecule has 4 aliphatic heterocycles. The molecule has 0 radical (unpaired) electrons. The van der Waals surface area contributed by atoms with Crippen molar-refractivity contribution < 1.29 is 9.59 Å². The van der Waals surface area contributed by atoms with Gasteiger partial charge >= 0.3 is 0 Å². The van der Waals surface area contributed by atoms with Gasteiger partial charge in [0.05, 0.1) is 17.5 Å². The maximum atomic E-state index is 13.3. The van der Waals surface area contributed by atoms with E-state index in [1.807, 2.05) is 37.3 Å². The molecular formula is C17H17N3O2S2. The Labute approximate surface area is 148 Å². The standard InChI is InChI=1S/C17H17N3O2S2/c1-15(10-18)9-17-14(22)19(3)16(2,23-24-17)13(21)20(17)12(15)11-7-5-4-6-8-11/h4-8,12H,9H2,1-3H3/t12?,15-,16+,17?/m1/s1. The second kappa shape index (κ2) is 4.70. The third-order valence-electron chi connectivity index (χ3n) is 5.46. The number of benzene rings is 1. The summed E-state index contributed by atoms with van der Waals surface area (Å²) in [4.78, 5) is 27.8. The summed E-state index contributed by atoms with van der Waals surface area (Å²) in [5.74, 6) is -0.158. The molecule has 1 aromatic rings. The van der Waals surface area contributed by atoms with Crippen LogP contribution < -0.4 is 0 Å². The lowest BCUT2D eigenvalue weighted by atomic mass is 9.79. The van der Waals surface area contributed by atoms with Gasteiger partial charge < -0.3 is 9.80 Å². The third-order valence-corrected chi connectivity index (χ3v) is 9.16. The van der Waals surface area contributed by atoms with Crippen LogP contribution in [0, 0.1) is 16.7 Å². The van der Waals surface area contributed by atoms with Crippen LogP contribution in [0.25, 0.3) is 0 Å². The van der Waals surface area contributed by atoms with Gasteiger partial charge in [-0.15, -0.1) is 0 Å². The zero-order valence-electron chi connectivity index (χ0n) is 13.6. The SMILES string of the molecule is CN1C(=O)C23C[C@](C)(C#N)C(c4ccccc4)N2C(=O)[C@]1(C)SS3. The predicted molar refractivity (Wildman–Crippen MR) is 93.5 cm³/mol. The summed E-state index contributed by atoms with van der Waals surface area (Å²) in [5.41, 5.74) is 0.0976. The lowest BCUT2D eigenvalue weighted by Gasteiger charge is -2.57. The van der Waals surface area contributed by atoms with Crippen molar-refractivity contribution in [3.63, 3.8) is 0 Å². The first-order chi connectivity index (χ1) is 11.3. The molecule has 4 fully saturated rings. The number of rotatable bonds is 1. The normalized spacial score (nSPS) is 40.7. The van der Waals surface area contributed by atoms with Crippen LogP contribution in [-0.4, -0.2) is 38.4 Å². The summed E-state index contributed by atoms with van der Waals surface area (Å²) in [6, 6.07) is 11.6. The van der Waals surface area contributed by atoms with Crippen molar-refractivity contribution in [1.82, 2.24) is 9.80 Å². The van der Waals surface area contributed by atoms with Gasteiger partial charge in [-0.25, -0.2) is 0 Å². The number of piperazine rings is 1. The number of fused-ring (bicyclic) bond motifs is 2. The molecule has 1 spiro atoms.